The Morgan fingerprint density at radius 1 is 0.875 bits per heavy atom. The maximum atomic E-state index is 13.2. The van der Waals surface area contributed by atoms with Crippen molar-refractivity contribution in [3.8, 4) is 0 Å². The van der Waals surface area contributed by atoms with Crippen molar-refractivity contribution in [3.05, 3.63) is 70.8 Å². The summed E-state index contributed by atoms with van der Waals surface area (Å²) in [5, 5.41) is 20.1. The maximum Gasteiger partial charge on any atom is 0.490 e. The van der Waals surface area contributed by atoms with Crippen LogP contribution in [0.1, 0.15) is 41.5 Å². The third kappa shape index (κ3) is 7.05. The summed E-state index contributed by atoms with van der Waals surface area (Å²) in [6.45, 7) is -0.476. The summed E-state index contributed by atoms with van der Waals surface area (Å²) in [5.74, 6) is -4.39. The van der Waals surface area contributed by atoms with Gasteiger partial charge in [0, 0.05) is 6.04 Å². The topological polar surface area (TPSA) is 95.9 Å². The van der Waals surface area contributed by atoms with Crippen molar-refractivity contribution in [1.29, 1.82) is 0 Å². The summed E-state index contributed by atoms with van der Waals surface area (Å²) in [6.07, 6.45) is -14.5. The highest BCUT2D eigenvalue weighted by Gasteiger charge is 2.56. The van der Waals surface area contributed by atoms with E-state index in [2.05, 4.69) is 5.32 Å². The SMILES string of the molecule is O=C(O)C(F)(F)F.O=C(O)[C@@H]1C[C@]2(c3ccccc3)N[C@H]1CC[C@H]2OCc1cc(C(F)(F)F)cc(C(F)(F)F)c1. The number of hydrogen-bond acceptors (Lipinski definition) is 4. The predicted molar refractivity (Wildman–Crippen MR) is 119 cm³/mol. The molecule has 2 aromatic carbocycles. The second-order valence-electron chi connectivity index (χ2n) is 9.33. The molecule has 0 aromatic heterocycles. The average Bonchev–Trinajstić information content (AvgIpc) is 3.17. The van der Waals surface area contributed by atoms with Crippen LogP contribution in [0.4, 0.5) is 39.5 Å². The largest absolute Gasteiger partial charge is 0.490 e. The van der Waals surface area contributed by atoms with E-state index in [9.17, 15) is 49.4 Å². The molecular formula is C25H22F9NO5. The first kappa shape index (κ1) is 31.2. The molecule has 0 saturated carbocycles. The molecule has 4 atom stereocenters. The van der Waals surface area contributed by atoms with Gasteiger partial charge in [0.1, 0.15) is 0 Å². The fraction of sp³-hybridized carbons (Fsp3) is 0.440. The van der Waals surface area contributed by atoms with E-state index in [0.29, 0.717) is 25.0 Å². The summed E-state index contributed by atoms with van der Waals surface area (Å²) in [4.78, 5) is 20.7. The van der Waals surface area contributed by atoms with Crippen LogP contribution in [-0.2, 0) is 38.8 Å². The van der Waals surface area contributed by atoms with E-state index in [-0.39, 0.29) is 24.1 Å². The molecule has 2 aliphatic rings. The number of rotatable bonds is 5. The third-order valence-corrected chi connectivity index (χ3v) is 6.71. The molecule has 6 nitrogen and oxygen atoms in total. The van der Waals surface area contributed by atoms with Crippen LogP contribution in [0.15, 0.2) is 48.5 Å². The number of piperidine rings is 1. The van der Waals surface area contributed by atoms with Crippen molar-refractivity contribution in [2.75, 3.05) is 0 Å². The van der Waals surface area contributed by atoms with E-state index < -0.39 is 65.8 Å². The Hall–Kier alpha value is -3.33. The summed E-state index contributed by atoms with van der Waals surface area (Å²) in [7, 11) is 0. The van der Waals surface area contributed by atoms with Gasteiger partial charge in [0.05, 0.1) is 35.3 Å². The molecule has 0 amide bonds. The summed E-state index contributed by atoms with van der Waals surface area (Å²) in [5.41, 5.74) is -3.19. The number of carbonyl (C=O) groups is 2. The number of aliphatic carboxylic acids is 2. The standard InChI is InChI=1S/C23H21F6NO3.C2HF3O2/c24-22(25,26)15-8-13(9-16(10-15)23(27,28)29)12-33-19-7-6-18-17(20(31)32)11-21(19,30-18)14-4-2-1-3-5-14;3-2(4,5)1(6)7/h1-5,8-10,17-19,30H,6-7,11-12H2,(H,31,32);(H,6,7)/t17-,18+,19-,21-;/m1./s1. The van der Waals surface area contributed by atoms with Crippen molar-refractivity contribution in [1.82, 2.24) is 5.32 Å². The lowest BCUT2D eigenvalue weighted by Gasteiger charge is -2.42. The zero-order valence-corrected chi connectivity index (χ0v) is 20.2. The Labute approximate surface area is 220 Å². The fourth-order valence-corrected chi connectivity index (χ4v) is 4.96. The molecule has 15 heteroatoms. The highest BCUT2D eigenvalue weighted by Crippen LogP contribution is 2.48. The van der Waals surface area contributed by atoms with Crippen LogP contribution in [0.5, 0.6) is 0 Å². The lowest BCUT2D eigenvalue weighted by Crippen LogP contribution is -2.54. The normalized spacial score (nSPS) is 24.7. The summed E-state index contributed by atoms with van der Waals surface area (Å²) < 4.78 is 117. The van der Waals surface area contributed by atoms with E-state index in [4.69, 9.17) is 14.6 Å². The first-order valence-corrected chi connectivity index (χ1v) is 11.6. The number of nitrogens with one attached hydrogen (secondary N) is 1. The highest BCUT2D eigenvalue weighted by molar-refractivity contribution is 5.73. The molecule has 2 aliphatic heterocycles. The lowest BCUT2D eigenvalue weighted by atomic mass is 9.80. The third-order valence-electron chi connectivity index (χ3n) is 6.71. The van der Waals surface area contributed by atoms with Gasteiger partial charge in [0.2, 0.25) is 0 Å². The molecule has 0 unspecified atom stereocenters. The lowest BCUT2D eigenvalue weighted by molar-refractivity contribution is -0.192. The molecule has 40 heavy (non-hydrogen) atoms. The van der Waals surface area contributed by atoms with Crippen LogP contribution in [-0.4, -0.2) is 40.5 Å². The van der Waals surface area contributed by atoms with Gasteiger partial charge in [0.25, 0.3) is 0 Å². The molecule has 2 saturated heterocycles. The monoisotopic (exact) mass is 587 g/mol. The molecule has 2 bridgehead atoms. The van der Waals surface area contributed by atoms with Gasteiger partial charge in [-0.2, -0.15) is 39.5 Å². The number of fused-ring (bicyclic) bond motifs is 2. The van der Waals surface area contributed by atoms with Crippen molar-refractivity contribution in [2.45, 2.75) is 62.1 Å². The first-order chi connectivity index (χ1) is 18.3. The van der Waals surface area contributed by atoms with Crippen LogP contribution in [0.2, 0.25) is 0 Å². The number of alkyl halides is 9. The average molecular weight is 587 g/mol. The van der Waals surface area contributed by atoms with Gasteiger partial charge >= 0.3 is 30.5 Å². The van der Waals surface area contributed by atoms with Gasteiger partial charge in [-0.25, -0.2) is 4.79 Å². The Kier molecular flexibility index (Phi) is 8.79. The van der Waals surface area contributed by atoms with Crippen LogP contribution >= 0.6 is 0 Å². The molecule has 0 radical (unpaired) electrons. The van der Waals surface area contributed by atoms with E-state index in [0.717, 1.165) is 5.56 Å². The molecule has 0 spiro atoms. The van der Waals surface area contributed by atoms with Gasteiger partial charge in [0.15, 0.2) is 0 Å². The second-order valence-corrected chi connectivity index (χ2v) is 9.33. The zero-order valence-electron chi connectivity index (χ0n) is 20.2. The molecule has 220 valence electrons. The van der Waals surface area contributed by atoms with Gasteiger partial charge in [-0.1, -0.05) is 30.3 Å². The highest BCUT2D eigenvalue weighted by atomic mass is 19.4. The number of ether oxygens (including phenoxy) is 1. The number of carboxylic acid groups (broad SMARTS) is 2. The van der Waals surface area contributed by atoms with Gasteiger partial charge in [-0.15, -0.1) is 0 Å². The minimum atomic E-state index is -5.08. The van der Waals surface area contributed by atoms with Gasteiger partial charge in [-0.05, 0) is 48.6 Å². The Morgan fingerprint density at radius 3 is 1.85 bits per heavy atom. The summed E-state index contributed by atoms with van der Waals surface area (Å²) in [6, 6.07) is 10.1. The Morgan fingerprint density at radius 2 is 1.40 bits per heavy atom. The van der Waals surface area contributed by atoms with Crippen LogP contribution < -0.4 is 5.32 Å². The Balaban J connectivity index is 0.000000559. The molecule has 2 fully saturated rings. The van der Waals surface area contributed by atoms with E-state index >= 15 is 0 Å². The number of carboxylic acids is 2. The second kappa shape index (κ2) is 11.3. The van der Waals surface area contributed by atoms with E-state index in [1.807, 2.05) is 12.1 Å². The van der Waals surface area contributed by atoms with Crippen molar-refractivity contribution < 1.29 is 64.1 Å². The van der Waals surface area contributed by atoms with Crippen molar-refractivity contribution in [3.63, 3.8) is 0 Å². The molecular weight excluding hydrogens is 565 g/mol. The zero-order chi connectivity index (χ0) is 30.1. The minimum absolute atomic E-state index is 0.0795. The number of hydrogen-bond donors (Lipinski definition) is 3. The molecule has 2 aromatic rings. The van der Waals surface area contributed by atoms with E-state index in [1.54, 1.807) is 18.2 Å². The smallest absolute Gasteiger partial charge is 0.481 e. The number of halogens is 9. The minimum Gasteiger partial charge on any atom is -0.481 e. The van der Waals surface area contributed by atoms with Gasteiger partial charge < -0.3 is 20.3 Å². The van der Waals surface area contributed by atoms with Crippen molar-refractivity contribution >= 4 is 11.9 Å². The molecule has 4 rings (SSSR count). The van der Waals surface area contributed by atoms with Crippen LogP contribution in [0.3, 0.4) is 0 Å². The predicted octanol–water partition coefficient (Wildman–Crippen LogP) is 5.99. The molecule has 3 N–H and O–H groups in total. The number of benzene rings is 2. The maximum absolute atomic E-state index is 13.2. The van der Waals surface area contributed by atoms with E-state index in [1.165, 1.54) is 0 Å². The van der Waals surface area contributed by atoms with Crippen LogP contribution in [0, 0.1) is 5.92 Å². The molecule has 2 heterocycles. The fourth-order valence-electron chi connectivity index (χ4n) is 4.96. The van der Waals surface area contributed by atoms with Crippen molar-refractivity contribution in [2.24, 2.45) is 5.92 Å². The van der Waals surface area contributed by atoms with Crippen LogP contribution in [0.25, 0.3) is 0 Å². The van der Waals surface area contributed by atoms with Gasteiger partial charge in [-0.3, -0.25) is 4.79 Å². The first-order valence-electron chi connectivity index (χ1n) is 11.6. The quantitative estimate of drug-likeness (QED) is 0.372. The Bertz CT molecular complexity index is 1180. The molecule has 0 aliphatic carbocycles. The summed E-state index contributed by atoms with van der Waals surface area (Å²) >= 11 is 0.